The third kappa shape index (κ3) is 7.44. The first-order valence-electron chi connectivity index (χ1n) is 3.89. The van der Waals surface area contributed by atoms with E-state index in [4.69, 9.17) is 0 Å². The van der Waals surface area contributed by atoms with Gasteiger partial charge in [0.15, 0.2) is 0 Å². The Morgan fingerprint density at radius 3 is 2.57 bits per heavy atom. The van der Waals surface area contributed by atoms with Crippen molar-refractivity contribution in [2.45, 2.75) is 6.42 Å². The zero-order valence-electron chi connectivity index (χ0n) is 7.88. The average Bonchev–Trinajstić information content (AvgIpc) is 2.48. The molecule has 1 heterocycles. The molecule has 0 atom stereocenters. The van der Waals surface area contributed by atoms with E-state index in [1.807, 2.05) is 17.5 Å². The third-order valence-electron chi connectivity index (χ3n) is 1.38. The summed E-state index contributed by atoms with van der Waals surface area (Å²) in [6.07, 6.45) is 0.559. The van der Waals surface area contributed by atoms with Crippen molar-refractivity contribution in [2.75, 3.05) is 13.1 Å². The topological polar surface area (TPSA) is 9.23 Å². The number of hydrogen-bond donors (Lipinski definition) is 0. The van der Waals surface area contributed by atoms with Crippen molar-refractivity contribution in [3.8, 4) is 0 Å². The molecular formula is C7H9BF3KOS. The van der Waals surface area contributed by atoms with Crippen LogP contribution in [0.25, 0.3) is 0 Å². The summed E-state index contributed by atoms with van der Waals surface area (Å²) in [5.74, 6) is 0. The second-order valence-corrected chi connectivity index (χ2v) is 3.65. The number of hydrogen-bond acceptors (Lipinski definition) is 2. The second-order valence-electron chi connectivity index (χ2n) is 2.61. The van der Waals surface area contributed by atoms with Gasteiger partial charge in [0.05, 0.1) is 0 Å². The SMILES string of the molecule is F[B-](F)(F)COCCc1cccs1.[K+]. The summed E-state index contributed by atoms with van der Waals surface area (Å²) >= 11 is 1.52. The molecule has 0 unspecified atom stereocenters. The Bertz CT molecular complexity index is 240. The van der Waals surface area contributed by atoms with Crippen LogP contribution in [0.4, 0.5) is 12.9 Å². The summed E-state index contributed by atoms with van der Waals surface area (Å²) < 4.78 is 39.5. The van der Waals surface area contributed by atoms with Crippen LogP contribution in [-0.4, -0.2) is 20.1 Å². The number of halogens is 3. The fourth-order valence-corrected chi connectivity index (χ4v) is 1.53. The van der Waals surface area contributed by atoms with Crippen LogP contribution in [-0.2, 0) is 11.2 Å². The van der Waals surface area contributed by atoms with Crippen LogP contribution in [0, 0.1) is 0 Å². The van der Waals surface area contributed by atoms with Crippen molar-refractivity contribution in [1.29, 1.82) is 0 Å². The molecule has 74 valence electrons. The fraction of sp³-hybridized carbons (Fsp3) is 0.429. The standard InChI is InChI=1S/C7H9BF3OS.K/c9-8(10,11)6-12-4-3-7-2-1-5-13-7;/h1-2,5H,3-4,6H2;/q-1;+1. The summed E-state index contributed by atoms with van der Waals surface area (Å²) in [4.78, 5) is 1.05. The van der Waals surface area contributed by atoms with Gasteiger partial charge in [-0.1, -0.05) is 6.07 Å². The van der Waals surface area contributed by atoms with Gasteiger partial charge in [0.1, 0.15) is 0 Å². The van der Waals surface area contributed by atoms with Crippen LogP contribution >= 0.6 is 11.3 Å². The Balaban J connectivity index is 0.00000169. The van der Waals surface area contributed by atoms with Crippen LogP contribution < -0.4 is 51.4 Å². The summed E-state index contributed by atoms with van der Waals surface area (Å²) in [5.41, 5.74) is 0. The molecule has 0 aliphatic heterocycles. The maximum absolute atomic E-state index is 11.7. The van der Waals surface area contributed by atoms with Gasteiger partial charge in [-0.15, -0.1) is 11.3 Å². The Morgan fingerprint density at radius 2 is 2.07 bits per heavy atom. The molecule has 0 saturated carbocycles. The first-order valence-corrected chi connectivity index (χ1v) is 4.77. The summed E-state index contributed by atoms with van der Waals surface area (Å²) in [6, 6.07) is 3.75. The number of thiophene rings is 1. The molecule has 0 fully saturated rings. The predicted molar refractivity (Wildman–Crippen MR) is 47.9 cm³/mol. The maximum atomic E-state index is 11.7. The van der Waals surface area contributed by atoms with Gasteiger partial charge >= 0.3 is 58.4 Å². The van der Waals surface area contributed by atoms with Gasteiger partial charge in [-0.2, -0.15) is 0 Å². The van der Waals surface area contributed by atoms with Crippen LogP contribution in [0.15, 0.2) is 17.5 Å². The molecule has 1 rings (SSSR count). The van der Waals surface area contributed by atoms with Gasteiger partial charge in [0, 0.05) is 24.4 Å². The quantitative estimate of drug-likeness (QED) is 0.513. The van der Waals surface area contributed by atoms with Crippen LogP contribution in [0.1, 0.15) is 4.88 Å². The molecule has 0 aromatic carbocycles. The first kappa shape index (κ1) is 15.2. The summed E-state index contributed by atoms with van der Waals surface area (Å²) in [6.45, 7) is -5.74. The minimum absolute atomic E-state index is 0. The third-order valence-corrected chi connectivity index (χ3v) is 2.32. The smallest absolute Gasteiger partial charge is 0.447 e. The van der Waals surface area contributed by atoms with Gasteiger partial charge in [-0.05, 0) is 11.4 Å². The van der Waals surface area contributed by atoms with Crippen molar-refractivity contribution >= 4 is 18.3 Å². The minimum Gasteiger partial charge on any atom is -0.447 e. The molecule has 1 aromatic rings. The van der Waals surface area contributed by atoms with E-state index in [2.05, 4.69) is 4.74 Å². The summed E-state index contributed by atoms with van der Waals surface area (Å²) in [5, 5.41) is 1.89. The van der Waals surface area contributed by atoms with E-state index < -0.39 is 13.5 Å². The molecule has 0 aliphatic carbocycles. The molecule has 1 nitrogen and oxygen atoms in total. The molecule has 0 spiro atoms. The molecule has 0 aliphatic rings. The van der Waals surface area contributed by atoms with Gasteiger partial charge in [0.25, 0.3) is 0 Å². The second kappa shape index (κ2) is 7.43. The normalized spacial score (nSPS) is 11.1. The molecule has 0 amide bonds. The number of rotatable bonds is 5. The van der Waals surface area contributed by atoms with Crippen LogP contribution in [0.2, 0.25) is 0 Å². The van der Waals surface area contributed by atoms with E-state index in [-0.39, 0.29) is 58.0 Å². The number of ether oxygens (including phenoxy) is 1. The van der Waals surface area contributed by atoms with Crippen LogP contribution in [0.3, 0.4) is 0 Å². The van der Waals surface area contributed by atoms with Gasteiger partial charge in [-0.3, -0.25) is 0 Å². The van der Waals surface area contributed by atoms with Crippen molar-refractivity contribution < 1.29 is 69.1 Å². The van der Waals surface area contributed by atoms with Crippen LogP contribution in [0.5, 0.6) is 0 Å². The molecule has 0 bridgehead atoms. The Morgan fingerprint density at radius 1 is 1.36 bits per heavy atom. The predicted octanol–water partition coefficient (Wildman–Crippen LogP) is -0.302. The molecule has 0 radical (unpaired) electrons. The van der Waals surface area contributed by atoms with Crippen molar-refractivity contribution in [1.82, 2.24) is 0 Å². The van der Waals surface area contributed by atoms with Crippen molar-refractivity contribution in [3.05, 3.63) is 22.4 Å². The maximum Gasteiger partial charge on any atom is 1.00 e. The zero-order valence-corrected chi connectivity index (χ0v) is 11.8. The molecular weight excluding hydrogens is 239 g/mol. The van der Waals surface area contributed by atoms with E-state index in [9.17, 15) is 12.9 Å². The molecule has 1 aromatic heterocycles. The Kier molecular flexibility index (Phi) is 8.04. The van der Waals surface area contributed by atoms with Gasteiger partial charge < -0.3 is 17.7 Å². The van der Waals surface area contributed by atoms with E-state index in [0.717, 1.165) is 4.88 Å². The monoisotopic (exact) mass is 248 g/mol. The van der Waals surface area contributed by atoms with Crippen molar-refractivity contribution in [2.24, 2.45) is 0 Å². The van der Waals surface area contributed by atoms with Crippen molar-refractivity contribution in [3.63, 3.8) is 0 Å². The van der Waals surface area contributed by atoms with E-state index in [0.29, 0.717) is 6.42 Å². The largest absolute Gasteiger partial charge is 1.00 e. The Labute approximate surface area is 128 Å². The van der Waals surface area contributed by atoms with E-state index >= 15 is 0 Å². The zero-order chi connectivity index (χ0) is 9.73. The van der Waals surface area contributed by atoms with Gasteiger partial charge in [0.2, 0.25) is 0 Å². The Hall–Kier alpha value is 1.15. The summed E-state index contributed by atoms with van der Waals surface area (Å²) in [7, 11) is 0. The molecule has 7 heteroatoms. The molecule has 0 saturated heterocycles. The molecule has 14 heavy (non-hydrogen) atoms. The first-order chi connectivity index (χ1) is 6.08. The van der Waals surface area contributed by atoms with E-state index in [1.54, 1.807) is 0 Å². The van der Waals surface area contributed by atoms with Gasteiger partial charge in [-0.25, -0.2) is 0 Å². The fourth-order valence-electron chi connectivity index (χ4n) is 0.845. The van der Waals surface area contributed by atoms with E-state index in [1.165, 1.54) is 11.3 Å². The average molecular weight is 248 g/mol. The molecule has 0 N–H and O–H groups in total. The minimum atomic E-state index is -4.79.